The predicted octanol–water partition coefficient (Wildman–Crippen LogP) is 6.82. The van der Waals surface area contributed by atoms with Gasteiger partial charge >= 0.3 is 6.09 Å². The van der Waals surface area contributed by atoms with E-state index in [1.54, 1.807) is 12.2 Å². The van der Waals surface area contributed by atoms with E-state index < -0.39 is 22.7 Å². The molecule has 34 heavy (non-hydrogen) atoms. The van der Waals surface area contributed by atoms with Crippen molar-refractivity contribution in [2.24, 2.45) is 5.92 Å². The first-order valence-electron chi connectivity index (χ1n) is 11.7. The summed E-state index contributed by atoms with van der Waals surface area (Å²) >= 11 is 0. The highest BCUT2D eigenvalue weighted by atomic mass is 28.4. The molecule has 0 aliphatic heterocycles. The van der Waals surface area contributed by atoms with E-state index in [9.17, 15) is 4.79 Å². The van der Waals surface area contributed by atoms with Gasteiger partial charge in [0.15, 0.2) is 8.32 Å². The Labute approximate surface area is 209 Å². The maximum atomic E-state index is 12.7. The average Bonchev–Trinajstić information content (AvgIpc) is 2.72. The summed E-state index contributed by atoms with van der Waals surface area (Å²) in [6, 6.07) is 13.0. The molecule has 0 radical (unpaired) electrons. The van der Waals surface area contributed by atoms with Gasteiger partial charge in [-0.05, 0) is 43.3 Å². The summed E-state index contributed by atoms with van der Waals surface area (Å²) in [5, 5.41) is 0.0349. The van der Waals surface area contributed by atoms with Crippen molar-refractivity contribution in [2.45, 2.75) is 71.3 Å². The quantitative estimate of drug-likeness (QED) is 0.144. The normalized spacial score (nSPS) is 13.8. The van der Waals surface area contributed by atoms with Crippen molar-refractivity contribution < 1.29 is 18.4 Å². The van der Waals surface area contributed by atoms with Crippen LogP contribution in [0.4, 0.5) is 4.79 Å². The molecule has 188 valence electrons. The smallest absolute Gasteiger partial charge is 0.408 e. The lowest BCUT2D eigenvalue weighted by atomic mass is 10.0. The van der Waals surface area contributed by atoms with Gasteiger partial charge in [-0.25, -0.2) is 9.69 Å². The van der Waals surface area contributed by atoms with Crippen LogP contribution in [-0.2, 0) is 20.2 Å². The summed E-state index contributed by atoms with van der Waals surface area (Å²) < 4.78 is 18.3. The zero-order valence-corrected chi connectivity index (χ0v) is 24.3. The Kier molecular flexibility index (Phi) is 11.5. The van der Waals surface area contributed by atoms with Crippen LogP contribution in [0.5, 0.6) is 0 Å². The number of carbonyl (C=O) groups excluding carboxylic acids is 1. The molecule has 0 bridgehead atoms. The first-order chi connectivity index (χ1) is 15.7. The minimum Gasteiger partial charge on any atom is -0.504 e. The molecule has 0 aliphatic carbocycles. The van der Waals surface area contributed by atoms with Crippen molar-refractivity contribution in [3.63, 3.8) is 0 Å². The van der Waals surface area contributed by atoms with E-state index in [0.29, 0.717) is 13.2 Å². The Hall–Kier alpha value is -2.12. The van der Waals surface area contributed by atoms with Gasteiger partial charge in [0.2, 0.25) is 8.32 Å². The SMILES string of the molecule is C=CCN(C#C[C@H](COCc1ccccc1)[C@H](C=C)O[Si](C)(C)C(C)(C)C)C(=O)O[Si](C)(C)C. The van der Waals surface area contributed by atoms with E-state index in [1.807, 2.05) is 50.0 Å². The van der Waals surface area contributed by atoms with Gasteiger partial charge in [0.05, 0.1) is 31.8 Å². The molecule has 0 heterocycles. The third-order valence-corrected chi connectivity index (χ3v) is 10.8. The summed E-state index contributed by atoms with van der Waals surface area (Å²) in [6.45, 7) is 25.8. The van der Waals surface area contributed by atoms with Gasteiger partial charge in [0, 0.05) is 6.04 Å². The van der Waals surface area contributed by atoms with E-state index in [2.05, 4.69) is 59.0 Å². The first kappa shape index (κ1) is 29.9. The summed E-state index contributed by atoms with van der Waals surface area (Å²) in [4.78, 5) is 14.0. The topological polar surface area (TPSA) is 48.0 Å². The van der Waals surface area contributed by atoms with Crippen molar-refractivity contribution in [3.8, 4) is 12.0 Å². The lowest BCUT2D eigenvalue weighted by Gasteiger charge is -2.39. The highest BCUT2D eigenvalue weighted by Gasteiger charge is 2.40. The molecule has 0 spiro atoms. The summed E-state index contributed by atoms with van der Waals surface area (Å²) in [5.41, 5.74) is 1.08. The molecule has 2 atom stereocenters. The standard InChI is InChI=1S/C27H43NO4Si2/c1-11-19-28(26(29)32-33(6,7)8)20-18-24(22-30-21-23-16-14-13-15-17-23)25(12-2)31-34(9,10)27(3,4)5/h11-17,24-25H,1-2,19,21-22H2,3-10H3/t24-,25+/m1/s1. The van der Waals surface area contributed by atoms with Crippen LogP contribution in [0.1, 0.15) is 26.3 Å². The summed E-state index contributed by atoms with van der Waals surface area (Å²) in [6.07, 6.45) is 2.65. The number of hydrogen-bond acceptors (Lipinski definition) is 4. The van der Waals surface area contributed by atoms with Gasteiger partial charge in [0.1, 0.15) is 0 Å². The van der Waals surface area contributed by atoms with Crippen LogP contribution in [-0.4, -0.2) is 46.9 Å². The van der Waals surface area contributed by atoms with E-state index in [4.69, 9.17) is 13.6 Å². The lowest BCUT2D eigenvalue weighted by molar-refractivity contribution is 0.0648. The molecule has 0 fully saturated rings. The Morgan fingerprint density at radius 3 is 2.24 bits per heavy atom. The number of ether oxygens (including phenoxy) is 1. The molecule has 0 aliphatic rings. The fourth-order valence-electron chi connectivity index (χ4n) is 2.68. The van der Waals surface area contributed by atoms with Crippen molar-refractivity contribution >= 4 is 22.7 Å². The van der Waals surface area contributed by atoms with Crippen LogP contribution >= 0.6 is 0 Å². The van der Waals surface area contributed by atoms with Gasteiger partial charge in [-0.15, -0.1) is 13.2 Å². The van der Waals surface area contributed by atoms with Gasteiger partial charge in [-0.3, -0.25) is 0 Å². The van der Waals surface area contributed by atoms with E-state index in [-0.39, 0.29) is 23.6 Å². The van der Waals surface area contributed by atoms with Crippen molar-refractivity contribution in [2.75, 3.05) is 13.2 Å². The largest absolute Gasteiger partial charge is 0.504 e. The van der Waals surface area contributed by atoms with Gasteiger partial charge in [0.25, 0.3) is 0 Å². The van der Waals surface area contributed by atoms with Crippen LogP contribution in [0.15, 0.2) is 55.6 Å². The third-order valence-electron chi connectivity index (χ3n) is 5.59. The number of hydrogen-bond donors (Lipinski definition) is 0. The molecule has 1 aromatic carbocycles. The Morgan fingerprint density at radius 1 is 1.12 bits per heavy atom. The monoisotopic (exact) mass is 501 g/mol. The maximum Gasteiger partial charge on any atom is 0.408 e. The number of benzene rings is 1. The summed E-state index contributed by atoms with van der Waals surface area (Å²) in [5.74, 6) is 2.92. The first-order valence-corrected chi connectivity index (χ1v) is 18.1. The average molecular weight is 502 g/mol. The molecule has 5 nitrogen and oxygen atoms in total. The van der Waals surface area contributed by atoms with E-state index in [0.717, 1.165) is 5.56 Å². The minimum absolute atomic E-state index is 0.0349. The van der Waals surface area contributed by atoms with E-state index >= 15 is 0 Å². The highest BCUT2D eigenvalue weighted by Crippen LogP contribution is 2.38. The number of rotatable bonds is 11. The third kappa shape index (κ3) is 10.4. The predicted molar refractivity (Wildman–Crippen MR) is 146 cm³/mol. The molecule has 1 rings (SSSR count). The molecule has 0 aromatic heterocycles. The van der Waals surface area contributed by atoms with Gasteiger partial charge < -0.3 is 13.6 Å². The lowest BCUT2D eigenvalue weighted by Crippen LogP contribution is -2.45. The fraction of sp³-hybridized carbons (Fsp3) is 0.519. The Morgan fingerprint density at radius 2 is 1.74 bits per heavy atom. The zero-order valence-electron chi connectivity index (χ0n) is 22.3. The highest BCUT2D eigenvalue weighted by molar-refractivity contribution is 6.74. The molecular formula is C27H43NO4Si2. The molecule has 0 saturated heterocycles. The van der Waals surface area contributed by atoms with Crippen LogP contribution < -0.4 is 0 Å². The molecule has 0 saturated carbocycles. The van der Waals surface area contributed by atoms with Crippen LogP contribution in [0.25, 0.3) is 0 Å². The van der Waals surface area contributed by atoms with Crippen LogP contribution in [0.3, 0.4) is 0 Å². The maximum absolute atomic E-state index is 12.7. The van der Waals surface area contributed by atoms with Crippen molar-refractivity contribution in [1.29, 1.82) is 0 Å². The number of amides is 1. The van der Waals surface area contributed by atoms with Crippen LogP contribution in [0, 0.1) is 17.9 Å². The molecule has 0 N–H and O–H groups in total. The molecule has 1 amide bonds. The Balaban J connectivity index is 3.17. The molecule has 1 aromatic rings. The molecule has 7 heteroatoms. The summed E-state index contributed by atoms with van der Waals surface area (Å²) in [7, 11) is -4.15. The number of carbonyl (C=O) groups is 1. The second-order valence-electron chi connectivity index (χ2n) is 10.8. The van der Waals surface area contributed by atoms with Gasteiger partial charge in [-0.1, -0.05) is 69.2 Å². The molecular weight excluding hydrogens is 458 g/mol. The minimum atomic E-state index is -2.09. The second kappa shape index (κ2) is 13.1. The fourth-order valence-corrected chi connectivity index (χ4v) is 4.61. The van der Waals surface area contributed by atoms with Crippen molar-refractivity contribution in [3.05, 3.63) is 61.2 Å². The Bertz CT molecular complexity index is 861. The zero-order chi connectivity index (χ0) is 26.0. The second-order valence-corrected chi connectivity index (χ2v) is 20.0. The number of nitrogens with zero attached hydrogens (tertiary/aromatic N) is 1. The van der Waals surface area contributed by atoms with Crippen molar-refractivity contribution in [1.82, 2.24) is 4.90 Å². The molecule has 0 unspecified atom stereocenters. The van der Waals surface area contributed by atoms with Gasteiger partial charge in [-0.2, -0.15) is 0 Å². The van der Waals surface area contributed by atoms with E-state index in [1.165, 1.54) is 4.90 Å². The van der Waals surface area contributed by atoms with Crippen LogP contribution in [0.2, 0.25) is 37.8 Å².